The van der Waals surface area contributed by atoms with Gasteiger partial charge in [-0.05, 0) is 47.7 Å². The van der Waals surface area contributed by atoms with Crippen molar-refractivity contribution in [3.8, 4) is 0 Å². The number of carbonyl (C=O) groups excluding carboxylic acids is 1. The predicted octanol–water partition coefficient (Wildman–Crippen LogP) is 3.93. The fourth-order valence-corrected chi connectivity index (χ4v) is 3.71. The molecule has 0 unspecified atom stereocenters. The summed E-state index contributed by atoms with van der Waals surface area (Å²) in [5.41, 5.74) is 2.22. The van der Waals surface area contributed by atoms with Gasteiger partial charge in [0.15, 0.2) is 0 Å². The third-order valence-corrected chi connectivity index (χ3v) is 4.88. The van der Waals surface area contributed by atoms with Crippen LogP contribution in [0.25, 0.3) is 0 Å². The number of nitrogens with zero attached hydrogens (tertiary/aromatic N) is 1. The lowest BCUT2D eigenvalue weighted by Gasteiger charge is -2.16. The molecule has 0 aliphatic rings. The van der Waals surface area contributed by atoms with E-state index in [4.69, 9.17) is 4.52 Å². The zero-order chi connectivity index (χ0) is 14.8. The monoisotopic (exact) mass is 318 g/mol. The third kappa shape index (κ3) is 2.77. The van der Waals surface area contributed by atoms with Gasteiger partial charge in [0.05, 0.1) is 11.7 Å². The highest BCUT2D eigenvalue weighted by Gasteiger charge is 2.23. The summed E-state index contributed by atoms with van der Waals surface area (Å²) in [7, 11) is 0. The van der Waals surface area contributed by atoms with Crippen molar-refractivity contribution in [2.75, 3.05) is 0 Å². The fraction of sp³-hybridized carbons (Fsp3) is 0.200. The average Bonchev–Trinajstić information content (AvgIpc) is 3.18. The van der Waals surface area contributed by atoms with Crippen molar-refractivity contribution in [2.24, 2.45) is 0 Å². The smallest absolute Gasteiger partial charge is 0.257 e. The molecule has 21 heavy (non-hydrogen) atoms. The Morgan fingerprint density at radius 2 is 2.19 bits per heavy atom. The molecule has 0 aliphatic carbocycles. The lowest BCUT2D eigenvalue weighted by Crippen LogP contribution is -2.29. The van der Waals surface area contributed by atoms with Gasteiger partial charge in [-0.1, -0.05) is 11.2 Å². The quantitative estimate of drug-likeness (QED) is 0.793. The van der Waals surface area contributed by atoms with E-state index in [-0.39, 0.29) is 11.9 Å². The summed E-state index contributed by atoms with van der Waals surface area (Å²) in [6, 6.07) is 5.91. The van der Waals surface area contributed by atoms with Gasteiger partial charge in [0.1, 0.15) is 11.3 Å². The van der Waals surface area contributed by atoms with Crippen LogP contribution in [-0.2, 0) is 0 Å². The lowest BCUT2D eigenvalue weighted by atomic mass is 10.1. The van der Waals surface area contributed by atoms with E-state index in [9.17, 15) is 4.79 Å². The summed E-state index contributed by atoms with van der Waals surface area (Å²) in [6.07, 6.45) is 0. The van der Waals surface area contributed by atoms with Gasteiger partial charge in [0, 0.05) is 4.88 Å². The molecule has 3 aromatic heterocycles. The van der Waals surface area contributed by atoms with Gasteiger partial charge in [-0.3, -0.25) is 4.79 Å². The van der Waals surface area contributed by atoms with Crippen LogP contribution in [0, 0.1) is 13.8 Å². The number of thiophene rings is 2. The molecule has 0 saturated carbocycles. The number of aromatic nitrogens is 1. The minimum atomic E-state index is -0.157. The first-order chi connectivity index (χ1) is 10.2. The number of rotatable bonds is 4. The Labute approximate surface area is 130 Å². The van der Waals surface area contributed by atoms with Crippen LogP contribution in [0.2, 0.25) is 0 Å². The average molecular weight is 318 g/mol. The molecule has 1 N–H and O–H groups in total. The standard InChI is InChI=1S/C15H14N2O2S2/c1-9-13(10(2)19-17-9)15(18)16-14(11-5-7-20-8-11)12-4-3-6-21-12/h3-8,14H,1-2H3,(H,16,18)/t14-/m1/s1. The van der Waals surface area contributed by atoms with Gasteiger partial charge in [-0.2, -0.15) is 11.3 Å². The Morgan fingerprint density at radius 3 is 2.76 bits per heavy atom. The van der Waals surface area contributed by atoms with E-state index < -0.39 is 0 Å². The Morgan fingerprint density at radius 1 is 1.33 bits per heavy atom. The van der Waals surface area contributed by atoms with E-state index in [2.05, 4.69) is 15.9 Å². The summed E-state index contributed by atoms with van der Waals surface area (Å²) in [5, 5.41) is 13.0. The van der Waals surface area contributed by atoms with E-state index in [1.165, 1.54) is 0 Å². The topological polar surface area (TPSA) is 55.1 Å². The van der Waals surface area contributed by atoms with Crippen molar-refractivity contribution in [2.45, 2.75) is 19.9 Å². The van der Waals surface area contributed by atoms with Crippen LogP contribution in [0.15, 0.2) is 38.9 Å². The zero-order valence-corrected chi connectivity index (χ0v) is 13.3. The molecule has 0 aromatic carbocycles. The van der Waals surface area contributed by atoms with Gasteiger partial charge in [0.25, 0.3) is 5.91 Å². The molecule has 0 saturated heterocycles. The minimum Gasteiger partial charge on any atom is -0.361 e. The second kappa shape index (κ2) is 5.83. The molecule has 6 heteroatoms. The lowest BCUT2D eigenvalue weighted by molar-refractivity contribution is 0.0941. The van der Waals surface area contributed by atoms with Crippen molar-refractivity contribution >= 4 is 28.6 Å². The molecular formula is C15H14N2O2S2. The van der Waals surface area contributed by atoms with Gasteiger partial charge in [0.2, 0.25) is 0 Å². The minimum absolute atomic E-state index is 0.141. The van der Waals surface area contributed by atoms with Crippen LogP contribution in [0.4, 0.5) is 0 Å². The fourth-order valence-electron chi connectivity index (χ4n) is 2.22. The maximum absolute atomic E-state index is 12.5. The largest absolute Gasteiger partial charge is 0.361 e. The molecule has 1 atom stereocenters. The number of hydrogen-bond donors (Lipinski definition) is 1. The maximum Gasteiger partial charge on any atom is 0.257 e. The highest BCUT2D eigenvalue weighted by molar-refractivity contribution is 7.10. The first-order valence-corrected chi connectivity index (χ1v) is 8.28. The van der Waals surface area contributed by atoms with Gasteiger partial charge >= 0.3 is 0 Å². The second-order valence-corrected chi connectivity index (χ2v) is 6.44. The summed E-state index contributed by atoms with van der Waals surface area (Å²) in [6.45, 7) is 3.52. The molecule has 0 fully saturated rings. The Bertz CT molecular complexity index is 676. The van der Waals surface area contributed by atoms with Crippen molar-refractivity contribution in [3.63, 3.8) is 0 Å². The molecule has 0 aliphatic heterocycles. The van der Waals surface area contributed by atoms with E-state index in [0.717, 1.165) is 10.4 Å². The van der Waals surface area contributed by atoms with Crippen molar-refractivity contribution < 1.29 is 9.32 Å². The van der Waals surface area contributed by atoms with E-state index in [1.807, 2.05) is 29.0 Å². The molecule has 0 bridgehead atoms. The van der Waals surface area contributed by atoms with E-state index in [0.29, 0.717) is 17.0 Å². The molecule has 4 nitrogen and oxygen atoms in total. The van der Waals surface area contributed by atoms with Crippen molar-refractivity contribution in [1.82, 2.24) is 10.5 Å². The normalized spacial score (nSPS) is 12.3. The number of nitrogens with one attached hydrogen (secondary N) is 1. The number of carbonyl (C=O) groups is 1. The van der Waals surface area contributed by atoms with Gasteiger partial charge < -0.3 is 9.84 Å². The van der Waals surface area contributed by atoms with Crippen LogP contribution >= 0.6 is 22.7 Å². The van der Waals surface area contributed by atoms with Crippen LogP contribution in [0.3, 0.4) is 0 Å². The van der Waals surface area contributed by atoms with E-state index in [1.54, 1.807) is 36.5 Å². The summed E-state index contributed by atoms with van der Waals surface area (Å²) in [4.78, 5) is 13.7. The zero-order valence-electron chi connectivity index (χ0n) is 11.6. The molecule has 108 valence electrons. The molecule has 1 amide bonds. The Balaban J connectivity index is 1.91. The highest BCUT2D eigenvalue weighted by Crippen LogP contribution is 2.28. The Hall–Kier alpha value is -1.92. The SMILES string of the molecule is Cc1noc(C)c1C(=O)N[C@H](c1ccsc1)c1cccs1. The van der Waals surface area contributed by atoms with Crippen LogP contribution < -0.4 is 5.32 Å². The molecule has 3 aromatic rings. The first kappa shape index (κ1) is 14.0. The first-order valence-electron chi connectivity index (χ1n) is 6.46. The molecule has 3 rings (SSSR count). The van der Waals surface area contributed by atoms with Crippen LogP contribution in [-0.4, -0.2) is 11.1 Å². The van der Waals surface area contributed by atoms with Crippen LogP contribution in [0.5, 0.6) is 0 Å². The Kier molecular flexibility index (Phi) is 3.90. The number of aryl methyl sites for hydroxylation is 2. The number of hydrogen-bond acceptors (Lipinski definition) is 5. The third-order valence-electron chi connectivity index (χ3n) is 3.24. The maximum atomic E-state index is 12.5. The second-order valence-electron chi connectivity index (χ2n) is 4.68. The highest BCUT2D eigenvalue weighted by atomic mass is 32.1. The summed E-state index contributed by atoms with van der Waals surface area (Å²) < 4.78 is 5.07. The number of amides is 1. The van der Waals surface area contributed by atoms with Gasteiger partial charge in [-0.15, -0.1) is 11.3 Å². The summed E-state index contributed by atoms with van der Waals surface area (Å²) in [5.74, 6) is 0.385. The predicted molar refractivity (Wildman–Crippen MR) is 83.9 cm³/mol. The van der Waals surface area contributed by atoms with Crippen molar-refractivity contribution in [3.05, 3.63) is 61.8 Å². The van der Waals surface area contributed by atoms with E-state index >= 15 is 0 Å². The van der Waals surface area contributed by atoms with Crippen molar-refractivity contribution in [1.29, 1.82) is 0 Å². The molecule has 3 heterocycles. The molecular weight excluding hydrogens is 304 g/mol. The van der Waals surface area contributed by atoms with Gasteiger partial charge in [-0.25, -0.2) is 0 Å². The van der Waals surface area contributed by atoms with Crippen LogP contribution in [0.1, 0.15) is 38.3 Å². The summed E-state index contributed by atoms with van der Waals surface area (Å²) >= 11 is 3.25. The molecule has 0 spiro atoms. The molecule has 0 radical (unpaired) electrons.